The lowest BCUT2D eigenvalue weighted by Gasteiger charge is -2.42. The molecule has 0 aromatic rings. The molecule has 2 fully saturated rings. The molecule has 2 saturated carbocycles. The molecule has 0 aromatic carbocycles. The van der Waals surface area contributed by atoms with Gasteiger partial charge >= 0.3 is 0 Å². The molecule has 19 heavy (non-hydrogen) atoms. The molecule has 3 aliphatic carbocycles. The zero-order chi connectivity index (χ0) is 13.4. The number of hydrogen-bond donors (Lipinski definition) is 0. The summed E-state index contributed by atoms with van der Waals surface area (Å²) in [6.07, 6.45) is 17.8. The van der Waals surface area contributed by atoms with Crippen LogP contribution in [-0.2, 0) is 0 Å². The van der Waals surface area contributed by atoms with E-state index in [0.29, 0.717) is 0 Å². The van der Waals surface area contributed by atoms with E-state index in [4.69, 9.17) is 0 Å². The van der Waals surface area contributed by atoms with E-state index < -0.39 is 0 Å². The second-order valence-corrected chi connectivity index (χ2v) is 6.81. The van der Waals surface area contributed by atoms with E-state index in [0.717, 1.165) is 23.7 Å². The Hall–Kier alpha value is -0.520. The van der Waals surface area contributed by atoms with Gasteiger partial charge in [0.2, 0.25) is 0 Å². The van der Waals surface area contributed by atoms with Gasteiger partial charge in [0, 0.05) is 11.8 Å². The zero-order valence-electron chi connectivity index (χ0n) is 12.4. The fourth-order valence-corrected chi connectivity index (χ4v) is 4.06. The quantitative estimate of drug-likeness (QED) is 0.652. The zero-order valence-corrected chi connectivity index (χ0v) is 12.4. The molecular weight excluding hydrogens is 228 g/mol. The van der Waals surface area contributed by atoms with Crippen molar-refractivity contribution in [1.29, 1.82) is 0 Å². The van der Waals surface area contributed by atoms with Crippen LogP contribution in [0.4, 0.5) is 0 Å². The second-order valence-electron chi connectivity index (χ2n) is 6.81. The summed E-state index contributed by atoms with van der Waals surface area (Å²) < 4.78 is 0. The monoisotopic (exact) mass is 253 g/mol. The summed E-state index contributed by atoms with van der Waals surface area (Å²) in [6.45, 7) is 7.23. The van der Waals surface area contributed by atoms with E-state index >= 15 is 0 Å². The molecule has 0 N–H and O–H groups in total. The highest BCUT2D eigenvalue weighted by molar-refractivity contribution is 5.62. The molecular formula is C19H25. The highest BCUT2D eigenvalue weighted by Crippen LogP contribution is 2.54. The lowest BCUT2D eigenvalue weighted by molar-refractivity contribution is 0.158. The molecule has 0 aliphatic heterocycles. The first-order valence-corrected chi connectivity index (χ1v) is 7.81. The maximum atomic E-state index is 2.43. The number of allylic oxidation sites excluding steroid dienone is 4. The van der Waals surface area contributed by atoms with Crippen LogP contribution >= 0.6 is 0 Å². The van der Waals surface area contributed by atoms with Crippen LogP contribution in [0, 0.1) is 54.3 Å². The first-order chi connectivity index (χ1) is 9.16. The Bertz CT molecular complexity index is 362. The highest BCUT2D eigenvalue weighted by atomic mass is 14.5. The second kappa shape index (κ2) is 5.46. The average molecular weight is 253 g/mol. The Morgan fingerprint density at radius 3 is 2.63 bits per heavy atom. The van der Waals surface area contributed by atoms with Crippen molar-refractivity contribution in [2.24, 2.45) is 23.7 Å². The van der Waals surface area contributed by atoms with Gasteiger partial charge in [0.15, 0.2) is 0 Å². The van der Waals surface area contributed by atoms with Crippen molar-refractivity contribution in [3.05, 3.63) is 54.9 Å². The average Bonchev–Trinajstić information content (AvgIpc) is 2.82. The molecule has 3 rings (SSSR count). The largest absolute Gasteiger partial charge is 0.0762 e. The first kappa shape index (κ1) is 13.5. The fraction of sp³-hybridized carbons (Fsp3) is 0.526. The van der Waals surface area contributed by atoms with Crippen molar-refractivity contribution in [3.63, 3.8) is 0 Å². The van der Waals surface area contributed by atoms with Gasteiger partial charge in [-0.15, -0.1) is 0 Å². The molecule has 3 unspecified atom stereocenters. The predicted molar refractivity (Wildman–Crippen MR) is 81.4 cm³/mol. The van der Waals surface area contributed by atoms with E-state index in [2.05, 4.69) is 57.9 Å². The Labute approximate surface area is 119 Å². The Morgan fingerprint density at radius 2 is 1.84 bits per heavy atom. The molecule has 0 aromatic heterocycles. The lowest BCUT2D eigenvalue weighted by atomic mass is 9.63. The standard InChI is InChI=1S/C19H25/c1-13(2)16-10-8-14(3)12-19(16)18-11-9-15-6-4-5-7-17(15)18/h4-7,9,11,13-14,16,19H,8,10,12H2,1-3H3. The Morgan fingerprint density at radius 1 is 1.05 bits per heavy atom. The Balaban J connectivity index is 1.78. The topological polar surface area (TPSA) is 0 Å². The third-order valence-corrected chi connectivity index (χ3v) is 5.14. The molecule has 101 valence electrons. The van der Waals surface area contributed by atoms with Crippen LogP contribution in [0.5, 0.6) is 0 Å². The van der Waals surface area contributed by atoms with Crippen LogP contribution in [0.25, 0.3) is 0 Å². The summed E-state index contributed by atoms with van der Waals surface area (Å²) in [5, 5.41) is 0. The summed E-state index contributed by atoms with van der Waals surface area (Å²) >= 11 is 0. The van der Waals surface area contributed by atoms with E-state index in [1.54, 1.807) is 5.92 Å². The van der Waals surface area contributed by atoms with E-state index in [1.165, 1.54) is 31.1 Å². The summed E-state index contributed by atoms with van der Waals surface area (Å²) in [6, 6.07) is 0. The molecule has 0 heterocycles. The van der Waals surface area contributed by atoms with Gasteiger partial charge in [0.1, 0.15) is 0 Å². The number of hydrogen-bond acceptors (Lipinski definition) is 0. The molecule has 3 aliphatic rings. The normalized spacial score (nSPS) is 37.2. The third kappa shape index (κ3) is 2.56. The van der Waals surface area contributed by atoms with Gasteiger partial charge < -0.3 is 0 Å². The van der Waals surface area contributed by atoms with Crippen molar-refractivity contribution in [2.45, 2.75) is 40.0 Å². The van der Waals surface area contributed by atoms with Gasteiger partial charge in [0.05, 0.1) is 0 Å². The number of fused-ring (bicyclic) bond motifs is 1. The maximum absolute atomic E-state index is 2.43. The molecule has 0 saturated heterocycles. The van der Waals surface area contributed by atoms with Crippen LogP contribution in [-0.4, -0.2) is 0 Å². The Kier molecular flexibility index (Phi) is 3.87. The SMILES string of the molecule is CC1CCC(C(C)C)C([C]2[CH][CH][C]3C=CC=C[C]32)C1. The van der Waals surface area contributed by atoms with Crippen molar-refractivity contribution >= 4 is 0 Å². The summed E-state index contributed by atoms with van der Waals surface area (Å²) in [7, 11) is 0. The predicted octanol–water partition coefficient (Wildman–Crippen LogP) is 4.97. The van der Waals surface area contributed by atoms with Crippen molar-refractivity contribution in [2.75, 3.05) is 0 Å². The van der Waals surface area contributed by atoms with Gasteiger partial charge in [-0.1, -0.05) is 51.5 Å². The van der Waals surface area contributed by atoms with E-state index in [9.17, 15) is 0 Å². The van der Waals surface area contributed by atoms with Crippen LogP contribution in [0.1, 0.15) is 40.0 Å². The minimum Gasteiger partial charge on any atom is -0.0762 e. The molecule has 3 atom stereocenters. The first-order valence-electron chi connectivity index (χ1n) is 7.81. The molecule has 5 radical (unpaired) electrons. The number of rotatable bonds is 2. The van der Waals surface area contributed by atoms with E-state index in [-0.39, 0.29) is 0 Å². The molecule has 0 heteroatoms. The van der Waals surface area contributed by atoms with Gasteiger partial charge in [-0.05, 0) is 55.3 Å². The maximum Gasteiger partial charge on any atom is 0.0161 e. The minimum atomic E-state index is 0.767. The lowest BCUT2D eigenvalue weighted by Crippen LogP contribution is -2.33. The van der Waals surface area contributed by atoms with Gasteiger partial charge in [0.25, 0.3) is 0 Å². The van der Waals surface area contributed by atoms with Crippen LogP contribution in [0.2, 0.25) is 0 Å². The van der Waals surface area contributed by atoms with Crippen molar-refractivity contribution in [1.82, 2.24) is 0 Å². The molecule has 0 bridgehead atoms. The van der Waals surface area contributed by atoms with Gasteiger partial charge in [-0.3, -0.25) is 0 Å². The summed E-state index contributed by atoms with van der Waals surface area (Å²) in [4.78, 5) is 0. The summed E-state index contributed by atoms with van der Waals surface area (Å²) in [5.74, 6) is 7.83. The molecule has 0 amide bonds. The van der Waals surface area contributed by atoms with Crippen molar-refractivity contribution < 1.29 is 0 Å². The fourth-order valence-electron chi connectivity index (χ4n) is 4.06. The minimum absolute atomic E-state index is 0.767. The summed E-state index contributed by atoms with van der Waals surface area (Å²) in [5.41, 5.74) is 0. The van der Waals surface area contributed by atoms with Gasteiger partial charge in [-0.2, -0.15) is 0 Å². The van der Waals surface area contributed by atoms with Crippen LogP contribution in [0.15, 0.2) is 24.3 Å². The van der Waals surface area contributed by atoms with E-state index in [1.807, 2.05) is 0 Å². The highest BCUT2D eigenvalue weighted by Gasteiger charge is 2.44. The molecule has 0 nitrogen and oxygen atoms in total. The third-order valence-electron chi connectivity index (χ3n) is 5.14. The van der Waals surface area contributed by atoms with Gasteiger partial charge in [-0.25, -0.2) is 0 Å². The molecule has 0 spiro atoms. The van der Waals surface area contributed by atoms with Crippen LogP contribution < -0.4 is 0 Å². The van der Waals surface area contributed by atoms with Crippen LogP contribution in [0.3, 0.4) is 0 Å². The van der Waals surface area contributed by atoms with Crippen molar-refractivity contribution in [3.8, 4) is 0 Å². The smallest absolute Gasteiger partial charge is 0.0161 e.